The van der Waals surface area contributed by atoms with Crippen LogP contribution in [0.3, 0.4) is 0 Å². The minimum absolute atomic E-state index is 0.139. The molecule has 1 aliphatic carbocycles. The second kappa shape index (κ2) is 7.84. The molecule has 4 N–H and O–H groups in total. The van der Waals surface area contributed by atoms with Gasteiger partial charge in [-0.15, -0.1) is 0 Å². The van der Waals surface area contributed by atoms with Gasteiger partial charge >= 0.3 is 0 Å². The van der Waals surface area contributed by atoms with Crippen molar-refractivity contribution in [1.82, 2.24) is 14.8 Å². The molecule has 0 amide bonds. The Labute approximate surface area is 169 Å². The first-order chi connectivity index (χ1) is 13.9. The van der Waals surface area contributed by atoms with Crippen molar-refractivity contribution in [1.29, 1.82) is 0 Å². The number of nitrogens with zero attached hydrogens (tertiary/aromatic N) is 3. The number of nitrogen functional groups attached to an aromatic ring is 1. The fourth-order valence-electron chi connectivity index (χ4n) is 3.63. The third-order valence-electron chi connectivity index (χ3n) is 5.06. The van der Waals surface area contributed by atoms with Gasteiger partial charge in [-0.3, -0.25) is 4.68 Å². The van der Waals surface area contributed by atoms with Crippen LogP contribution < -0.4 is 15.6 Å². The lowest BCUT2D eigenvalue weighted by Crippen LogP contribution is -2.14. The number of sulfonamides is 1. The van der Waals surface area contributed by atoms with E-state index in [1.807, 2.05) is 12.1 Å². The average molecular weight is 414 g/mol. The summed E-state index contributed by atoms with van der Waals surface area (Å²) in [6, 6.07) is 9.43. The van der Waals surface area contributed by atoms with Crippen molar-refractivity contribution >= 4 is 15.7 Å². The summed E-state index contributed by atoms with van der Waals surface area (Å²) in [4.78, 5) is 4.27. The number of aryl methyl sites for hydroxylation is 2. The van der Waals surface area contributed by atoms with Crippen LogP contribution in [0.15, 0.2) is 47.8 Å². The van der Waals surface area contributed by atoms with Crippen LogP contribution in [0.4, 0.5) is 5.69 Å². The minimum atomic E-state index is -3.78. The predicted octanol–water partition coefficient (Wildman–Crippen LogP) is 2.13. The molecule has 9 heteroatoms. The summed E-state index contributed by atoms with van der Waals surface area (Å²) in [7, 11) is -3.78. The van der Waals surface area contributed by atoms with Crippen LogP contribution in [0.2, 0.25) is 0 Å². The molecule has 2 aromatic heterocycles. The number of primary sulfonamides is 1. The summed E-state index contributed by atoms with van der Waals surface area (Å²) >= 11 is 0. The van der Waals surface area contributed by atoms with Crippen LogP contribution in [0.1, 0.15) is 24.0 Å². The summed E-state index contributed by atoms with van der Waals surface area (Å²) in [5.41, 5.74) is 11.9. The zero-order valence-corrected chi connectivity index (χ0v) is 16.7. The second-order valence-electron chi connectivity index (χ2n) is 7.06. The molecule has 0 saturated heterocycles. The maximum atomic E-state index is 11.3. The molecular weight excluding hydrogens is 390 g/mol. The molecule has 0 radical (unpaired) electrons. The molecule has 0 spiro atoms. The largest absolute Gasteiger partial charge is 0.478 e. The summed E-state index contributed by atoms with van der Waals surface area (Å²) in [5, 5.41) is 8.86. The highest BCUT2D eigenvalue weighted by Crippen LogP contribution is 2.35. The van der Waals surface area contributed by atoms with Gasteiger partial charge in [0.25, 0.3) is 10.0 Å². The van der Waals surface area contributed by atoms with Gasteiger partial charge in [0.1, 0.15) is 0 Å². The van der Waals surface area contributed by atoms with Crippen molar-refractivity contribution in [3.63, 3.8) is 0 Å². The number of nitrogens with two attached hydrogens (primary N) is 2. The predicted molar refractivity (Wildman–Crippen MR) is 110 cm³/mol. The maximum Gasteiger partial charge on any atom is 0.257 e. The monoisotopic (exact) mass is 413 g/mol. The van der Waals surface area contributed by atoms with Gasteiger partial charge in [-0.05, 0) is 48.1 Å². The van der Waals surface area contributed by atoms with Crippen LogP contribution in [0.25, 0.3) is 11.1 Å². The van der Waals surface area contributed by atoms with Gasteiger partial charge in [0.05, 0.1) is 6.61 Å². The molecule has 3 aromatic rings. The lowest BCUT2D eigenvalue weighted by molar-refractivity contribution is 0.288. The summed E-state index contributed by atoms with van der Waals surface area (Å²) in [6.45, 7) is 0.924. The van der Waals surface area contributed by atoms with E-state index in [0.29, 0.717) is 25.5 Å². The second-order valence-corrected chi connectivity index (χ2v) is 8.57. The average Bonchev–Trinajstić information content (AvgIpc) is 3.35. The minimum Gasteiger partial charge on any atom is -0.478 e. The Hall–Kier alpha value is -2.91. The van der Waals surface area contributed by atoms with E-state index in [2.05, 4.69) is 22.2 Å². The zero-order chi connectivity index (χ0) is 20.4. The van der Waals surface area contributed by atoms with Gasteiger partial charge < -0.3 is 10.5 Å². The number of hydrogen-bond donors (Lipinski definition) is 2. The standard InChI is InChI=1S/C20H23N5O3S/c21-20-16-4-1-3-14(16)5-6-17(20)15-7-9-23-18(13-15)28-12-2-10-25-11-8-19(24-25)29(22,26)27/h5-9,11,13H,1-4,10,12,21H2,(H2,22,26,27). The molecule has 0 unspecified atom stereocenters. The van der Waals surface area contributed by atoms with Crippen molar-refractivity contribution in [3.8, 4) is 17.0 Å². The quantitative estimate of drug-likeness (QED) is 0.451. The van der Waals surface area contributed by atoms with Gasteiger partial charge in [0.2, 0.25) is 5.88 Å². The molecule has 0 fully saturated rings. The highest BCUT2D eigenvalue weighted by atomic mass is 32.2. The smallest absolute Gasteiger partial charge is 0.257 e. The lowest BCUT2D eigenvalue weighted by Gasteiger charge is -2.12. The van der Waals surface area contributed by atoms with Crippen molar-refractivity contribution in [3.05, 3.63) is 53.9 Å². The molecule has 1 aromatic carbocycles. The number of anilines is 1. The Morgan fingerprint density at radius 3 is 2.83 bits per heavy atom. The first-order valence-electron chi connectivity index (χ1n) is 9.47. The molecule has 1 aliphatic rings. The molecule has 0 aliphatic heterocycles. The SMILES string of the molecule is Nc1c(-c2ccnc(OCCCn3ccc(S(N)(=O)=O)n3)c2)ccc2c1CCC2. The molecule has 152 valence electrons. The molecule has 0 saturated carbocycles. The van der Waals surface area contributed by atoms with Crippen molar-refractivity contribution in [2.45, 2.75) is 37.3 Å². The lowest BCUT2D eigenvalue weighted by atomic mass is 9.98. The number of fused-ring (bicyclic) bond motifs is 1. The maximum absolute atomic E-state index is 11.3. The van der Waals surface area contributed by atoms with E-state index < -0.39 is 10.0 Å². The number of ether oxygens (including phenoxy) is 1. The van der Waals surface area contributed by atoms with E-state index in [1.54, 1.807) is 12.4 Å². The topological polar surface area (TPSA) is 126 Å². The van der Waals surface area contributed by atoms with Crippen LogP contribution in [-0.4, -0.2) is 29.8 Å². The molecule has 8 nitrogen and oxygen atoms in total. The van der Waals surface area contributed by atoms with Gasteiger partial charge in [-0.2, -0.15) is 5.10 Å². The highest BCUT2D eigenvalue weighted by molar-refractivity contribution is 7.89. The summed E-state index contributed by atoms with van der Waals surface area (Å²) in [6.07, 6.45) is 7.21. The van der Waals surface area contributed by atoms with E-state index in [4.69, 9.17) is 15.6 Å². The third-order valence-corrected chi connectivity index (χ3v) is 5.86. The van der Waals surface area contributed by atoms with E-state index in [0.717, 1.165) is 36.1 Å². The van der Waals surface area contributed by atoms with Crippen molar-refractivity contribution < 1.29 is 13.2 Å². The fourth-order valence-corrected chi connectivity index (χ4v) is 4.09. The van der Waals surface area contributed by atoms with Gasteiger partial charge in [-0.25, -0.2) is 18.5 Å². The Morgan fingerprint density at radius 1 is 1.17 bits per heavy atom. The number of aromatic nitrogens is 3. The van der Waals surface area contributed by atoms with Gasteiger partial charge in [-0.1, -0.05) is 12.1 Å². The molecular formula is C20H23N5O3S. The van der Waals surface area contributed by atoms with E-state index in [1.165, 1.54) is 21.9 Å². The molecule has 0 bridgehead atoms. The summed E-state index contributed by atoms with van der Waals surface area (Å²) < 4.78 is 29.8. The Balaban J connectivity index is 1.38. The van der Waals surface area contributed by atoms with Crippen molar-refractivity contribution in [2.24, 2.45) is 5.14 Å². The third kappa shape index (κ3) is 4.25. The number of pyridine rings is 1. The fraction of sp³-hybridized carbons (Fsp3) is 0.300. The van der Waals surface area contributed by atoms with Crippen LogP contribution >= 0.6 is 0 Å². The van der Waals surface area contributed by atoms with Crippen LogP contribution in [-0.2, 0) is 29.4 Å². The zero-order valence-electron chi connectivity index (χ0n) is 15.9. The van der Waals surface area contributed by atoms with Crippen LogP contribution in [0, 0.1) is 0 Å². The van der Waals surface area contributed by atoms with E-state index >= 15 is 0 Å². The summed E-state index contributed by atoms with van der Waals surface area (Å²) in [5.74, 6) is 0.521. The highest BCUT2D eigenvalue weighted by Gasteiger charge is 2.17. The van der Waals surface area contributed by atoms with Gasteiger partial charge in [0.15, 0.2) is 5.03 Å². The van der Waals surface area contributed by atoms with Gasteiger partial charge in [0, 0.05) is 42.7 Å². The first kappa shape index (κ1) is 19.4. The molecule has 2 heterocycles. The van der Waals surface area contributed by atoms with E-state index in [-0.39, 0.29) is 5.03 Å². The molecule has 29 heavy (non-hydrogen) atoms. The Kier molecular flexibility index (Phi) is 5.25. The molecule has 0 atom stereocenters. The van der Waals surface area contributed by atoms with Crippen molar-refractivity contribution in [2.75, 3.05) is 12.3 Å². The van der Waals surface area contributed by atoms with E-state index in [9.17, 15) is 8.42 Å². The number of rotatable bonds is 7. The molecule has 4 rings (SSSR count). The van der Waals surface area contributed by atoms with Crippen LogP contribution in [0.5, 0.6) is 5.88 Å². The number of benzene rings is 1. The first-order valence-corrected chi connectivity index (χ1v) is 11.0. The normalized spacial score (nSPS) is 13.4. The number of hydrogen-bond acceptors (Lipinski definition) is 6. The Morgan fingerprint density at radius 2 is 2.03 bits per heavy atom. The Bertz CT molecular complexity index is 1140.